The summed E-state index contributed by atoms with van der Waals surface area (Å²) in [6, 6.07) is 19.5. The molecule has 0 spiro atoms. The van der Waals surface area contributed by atoms with Crippen molar-refractivity contribution in [2.45, 2.75) is 18.9 Å². The zero-order chi connectivity index (χ0) is 14.3. The fraction of sp³-hybridized carbons (Fsp3) is 0.158. The normalized spacial score (nSPS) is 13.5. The van der Waals surface area contributed by atoms with Gasteiger partial charge in [0.25, 0.3) is 0 Å². The number of hydrogen-bond donors (Lipinski definition) is 1. The first-order chi connectivity index (χ1) is 9.68. The van der Waals surface area contributed by atoms with Gasteiger partial charge in [0.15, 0.2) is 0 Å². The summed E-state index contributed by atoms with van der Waals surface area (Å²) in [6.45, 7) is 1.82. The summed E-state index contributed by atoms with van der Waals surface area (Å²) in [6.07, 6.45) is 4.24. The summed E-state index contributed by atoms with van der Waals surface area (Å²) in [4.78, 5) is 0. The molecule has 2 aromatic carbocycles. The van der Waals surface area contributed by atoms with Crippen molar-refractivity contribution in [1.82, 2.24) is 0 Å². The first kappa shape index (κ1) is 14.1. The number of allylic oxidation sites excluding steroid dienone is 1. The van der Waals surface area contributed by atoms with Crippen molar-refractivity contribution in [3.63, 3.8) is 0 Å². The maximum Gasteiger partial charge on any atom is 0.0903 e. The second-order valence-corrected chi connectivity index (χ2v) is 4.88. The van der Waals surface area contributed by atoms with E-state index in [2.05, 4.69) is 11.8 Å². The van der Waals surface area contributed by atoms with Crippen LogP contribution in [0.2, 0.25) is 0 Å². The quantitative estimate of drug-likeness (QED) is 0.832. The van der Waals surface area contributed by atoms with E-state index in [1.54, 1.807) is 6.08 Å². The Morgan fingerprint density at radius 3 is 2.25 bits per heavy atom. The van der Waals surface area contributed by atoms with E-state index in [-0.39, 0.29) is 0 Å². The zero-order valence-corrected chi connectivity index (χ0v) is 11.6. The molecular weight excluding hydrogens is 244 g/mol. The summed E-state index contributed by atoms with van der Waals surface area (Å²) in [5, 5.41) is 10.4. The molecule has 0 aliphatic heterocycles. The summed E-state index contributed by atoms with van der Waals surface area (Å²) < 4.78 is 0. The molecular formula is C19H18O. The Hall–Kier alpha value is -2.30. The lowest BCUT2D eigenvalue weighted by atomic mass is 9.92. The Kier molecular flexibility index (Phi) is 4.76. The summed E-state index contributed by atoms with van der Waals surface area (Å²) in [5.74, 6) is 6.04. The second kappa shape index (κ2) is 6.75. The molecule has 0 amide bonds. The van der Waals surface area contributed by atoms with Crippen LogP contribution in [0, 0.1) is 11.8 Å². The van der Waals surface area contributed by atoms with Gasteiger partial charge in [0.05, 0.1) is 5.60 Å². The van der Waals surface area contributed by atoms with Gasteiger partial charge in [-0.05, 0) is 37.1 Å². The van der Waals surface area contributed by atoms with Crippen molar-refractivity contribution < 1.29 is 5.11 Å². The van der Waals surface area contributed by atoms with E-state index in [1.165, 1.54) is 0 Å². The molecule has 0 heterocycles. The largest absolute Gasteiger partial charge is 0.385 e. The van der Waals surface area contributed by atoms with E-state index < -0.39 is 5.60 Å². The van der Waals surface area contributed by atoms with Gasteiger partial charge >= 0.3 is 0 Å². The molecule has 20 heavy (non-hydrogen) atoms. The molecule has 0 aromatic heterocycles. The second-order valence-electron chi connectivity index (χ2n) is 4.88. The minimum absolute atomic E-state index is 0.542. The molecule has 2 rings (SSSR count). The third-order valence-corrected chi connectivity index (χ3v) is 3.10. The molecule has 100 valence electrons. The van der Waals surface area contributed by atoms with Crippen molar-refractivity contribution in [2.75, 3.05) is 0 Å². The Morgan fingerprint density at radius 1 is 1.00 bits per heavy atom. The highest BCUT2D eigenvalue weighted by Crippen LogP contribution is 2.24. The van der Waals surface area contributed by atoms with Gasteiger partial charge < -0.3 is 5.11 Å². The van der Waals surface area contributed by atoms with Crippen LogP contribution in [-0.4, -0.2) is 5.11 Å². The average Bonchev–Trinajstić information content (AvgIpc) is 2.49. The van der Waals surface area contributed by atoms with Gasteiger partial charge in [0, 0.05) is 5.56 Å². The van der Waals surface area contributed by atoms with Crippen LogP contribution in [0.25, 0.3) is 0 Å². The van der Waals surface area contributed by atoms with Crippen LogP contribution < -0.4 is 0 Å². The van der Waals surface area contributed by atoms with Crippen molar-refractivity contribution >= 4 is 0 Å². The minimum atomic E-state index is -0.855. The summed E-state index contributed by atoms with van der Waals surface area (Å²) in [5.41, 5.74) is 1.05. The van der Waals surface area contributed by atoms with Gasteiger partial charge in [-0.25, -0.2) is 0 Å². The summed E-state index contributed by atoms with van der Waals surface area (Å²) >= 11 is 0. The Morgan fingerprint density at radius 2 is 1.60 bits per heavy atom. The van der Waals surface area contributed by atoms with Gasteiger partial charge in [-0.3, -0.25) is 0 Å². The third kappa shape index (κ3) is 4.12. The molecule has 1 nitrogen and oxygen atoms in total. The van der Waals surface area contributed by atoms with E-state index in [0.717, 1.165) is 11.1 Å². The topological polar surface area (TPSA) is 20.2 Å². The molecule has 1 heteroatoms. The number of rotatable bonds is 3. The molecule has 0 unspecified atom stereocenters. The van der Waals surface area contributed by atoms with Crippen LogP contribution in [0.3, 0.4) is 0 Å². The standard InChI is InChI=1S/C19H18O/c1-19(20,18-14-8-3-9-15-18)16-10-4-7-13-17-11-5-2-6-12-17/h2-6,8-12,14-15,20H,16H2,1H3/b10-4+/t19-/m1/s1. The molecule has 1 N–H and O–H groups in total. The Bertz CT molecular complexity index is 613. The lowest BCUT2D eigenvalue weighted by Gasteiger charge is -2.21. The molecule has 0 fully saturated rings. The maximum atomic E-state index is 10.4. The minimum Gasteiger partial charge on any atom is -0.385 e. The number of aliphatic hydroxyl groups is 1. The molecule has 2 aromatic rings. The van der Waals surface area contributed by atoms with Gasteiger partial charge in [0.2, 0.25) is 0 Å². The van der Waals surface area contributed by atoms with Crippen molar-refractivity contribution in [1.29, 1.82) is 0 Å². The van der Waals surface area contributed by atoms with E-state index >= 15 is 0 Å². The predicted octanol–water partition coefficient (Wildman–Crippen LogP) is 3.89. The highest BCUT2D eigenvalue weighted by molar-refractivity contribution is 5.36. The lowest BCUT2D eigenvalue weighted by molar-refractivity contribution is 0.0606. The van der Waals surface area contributed by atoms with Gasteiger partial charge in [-0.1, -0.05) is 66.4 Å². The van der Waals surface area contributed by atoms with E-state index in [1.807, 2.05) is 73.7 Å². The van der Waals surface area contributed by atoms with Crippen molar-refractivity contribution in [2.24, 2.45) is 0 Å². The first-order valence-electron chi connectivity index (χ1n) is 6.68. The van der Waals surface area contributed by atoms with Crippen LogP contribution in [0.4, 0.5) is 0 Å². The molecule has 1 atom stereocenters. The van der Waals surface area contributed by atoms with Gasteiger partial charge in [0.1, 0.15) is 0 Å². The van der Waals surface area contributed by atoms with E-state index in [9.17, 15) is 5.11 Å². The first-order valence-corrected chi connectivity index (χ1v) is 6.68. The predicted molar refractivity (Wildman–Crippen MR) is 83.1 cm³/mol. The van der Waals surface area contributed by atoms with Crippen LogP contribution in [0.5, 0.6) is 0 Å². The van der Waals surface area contributed by atoms with Crippen LogP contribution in [0.15, 0.2) is 72.8 Å². The molecule has 0 aliphatic rings. The lowest BCUT2D eigenvalue weighted by Crippen LogP contribution is -2.19. The molecule has 0 radical (unpaired) electrons. The number of hydrogen-bond acceptors (Lipinski definition) is 1. The van der Waals surface area contributed by atoms with Crippen LogP contribution >= 0.6 is 0 Å². The monoisotopic (exact) mass is 262 g/mol. The smallest absolute Gasteiger partial charge is 0.0903 e. The Balaban J connectivity index is 1.95. The highest BCUT2D eigenvalue weighted by atomic mass is 16.3. The van der Waals surface area contributed by atoms with Crippen molar-refractivity contribution in [3.05, 3.63) is 83.9 Å². The molecule has 0 saturated carbocycles. The highest BCUT2D eigenvalue weighted by Gasteiger charge is 2.20. The molecule has 0 bridgehead atoms. The van der Waals surface area contributed by atoms with E-state index in [0.29, 0.717) is 6.42 Å². The fourth-order valence-corrected chi connectivity index (χ4v) is 1.91. The SMILES string of the molecule is C[C@@](O)(C/C=C/C#Cc1ccccc1)c1ccccc1. The number of benzene rings is 2. The zero-order valence-electron chi connectivity index (χ0n) is 11.6. The maximum absolute atomic E-state index is 10.4. The molecule has 0 saturated heterocycles. The van der Waals surface area contributed by atoms with Crippen LogP contribution in [0.1, 0.15) is 24.5 Å². The van der Waals surface area contributed by atoms with E-state index in [4.69, 9.17) is 0 Å². The van der Waals surface area contributed by atoms with Crippen LogP contribution in [-0.2, 0) is 5.60 Å². The van der Waals surface area contributed by atoms with Crippen molar-refractivity contribution in [3.8, 4) is 11.8 Å². The fourth-order valence-electron chi connectivity index (χ4n) is 1.91. The van der Waals surface area contributed by atoms with Gasteiger partial charge in [-0.15, -0.1) is 0 Å². The third-order valence-electron chi connectivity index (χ3n) is 3.10. The molecule has 0 aliphatic carbocycles. The van der Waals surface area contributed by atoms with Gasteiger partial charge in [-0.2, -0.15) is 0 Å². The summed E-state index contributed by atoms with van der Waals surface area (Å²) in [7, 11) is 0. The Labute approximate surface area is 120 Å². The average molecular weight is 262 g/mol.